The lowest BCUT2D eigenvalue weighted by Gasteiger charge is -2.47. The predicted octanol–water partition coefficient (Wildman–Crippen LogP) is 1.55. The Bertz CT molecular complexity index is 273. The van der Waals surface area contributed by atoms with Crippen LogP contribution < -0.4 is 5.32 Å². The zero-order chi connectivity index (χ0) is 12.4. The Morgan fingerprint density at radius 2 is 2.11 bits per heavy atom. The third-order valence-electron chi connectivity index (χ3n) is 5.21. The lowest BCUT2D eigenvalue weighted by molar-refractivity contribution is 0.0238. The summed E-state index contributed by atoms with van der Waals surface area (Å²) in [6, 6.07) is 0.868. The van der Waals surface area contributed by atoms with Crippen LogP contribution in [0.3, 0.4) is 0 Å². The Hall–Kier alpha value is -0.120. The van der Waals surface area contributed by atoms with Gasteiger partial charge in [-0.15, -0.1) is 0 Å². The van der Waals surface area contributed by atoms with Gasteiger partial charge in [0, 0.05) is 38.8 Å². The summed E-state index contributed by atoms with van der Waals surface area (Å²) in [6.45, 7) is 11.5. The van der Waals surface area contributed by atoms with Crippen LogP contribution in [0, 0.1) is 5.41 Å². The molecule has 0 saturated carbocycles. The van der Waals surface area contributed by atoms with E-state index in [0.29, 0.717) is 5.41 Å². The monoisotopic (exact) mass is 251 g/mol. The first-order valence-electron chi connectivity index (χ1n) is 7.92. The number of hydrogen-bond acceptors (Lipinski definition) is 3. The van der Waals surface area contributed by atoms with Gasteiger partial charge >= 0.3 is 0 Å². The number of rotatable bonds is 2. The normalized spacial score (nSPS) is 39.5. The van der Waals surface area contributed by atoms with E-state index in [1.807, 2.05) is 0 Å². The quantitative estimate of drug-likeness (QED) is 0.803. The lowest BCUT2D eigenvalue weighted by Crippen LogP contribution is -2.57. The van der Waals surface area contributed by atoms with Crippen LogP contribution in [0.5, 0.6) is 0 Å². The van der Waals surface area contributed by atoms with Gasteiger partial charge in [0.25, 0.3) is 0 Å². The summed E-state index contributed by atoms with van der Waals surface area (Å²) in [7, 11) is 0. The maximum absolute atomic E-state index is 3.58. The molecule has 0 aromatic carbocycles. The van der Waals surface area contributed by atoms with Crippen LogP contribution in [0.25, 0.3) is 0 Å². The Morgan fingerprint density at radius 3 is 2.94 bits per heavy atom. The fourth-order valence-corrected chi connectivity index (χ4v) is 4.16. The molecule has 0 aromatic heterocycles. The SMILES string of the molecule is CC1(CN2CCN3CCCCC3C2)CCCNC1. The van der Waals surface area contributed by atoms with E-state index in [1.165, 1.54) is 77.9 Å². The van der Waals surface area contributed by atoms with Crippen LogP contribution in [0.2, 0.25) is 0 Å². The first-order chi connectivity index (χ1) is 8.75. The molecule has 3 saturated heterocycles. The van der Waals surface area contributed by atoms with Gasteiger partial charge in [0.1, 0.15) is 0 Å². The molecule has 2 atom stereocenters. The fraction of sp³-hybridized carbons (Fsp3) is 1.00. The number of hydrogen-bond donors (Lipinski definition) is 1. The molecule has 18 heavy (non-hydrogen) atoms. The molecule has 0 bridgehead atoms. The van der Waals surface area contributed by atoms with Gasteiger partial charge in [-0.05, 0) is 44.2 Å². The van der Waals surface area contributed by atoms with Crippen molar-refractivity contribution in [1.29, 1.82) is 0 Å². The standard InChI is InChI=1S/C15H29N3/c1-15(6-4-7-16-12-15)13-17-9-10-18-8-3-2-5-14(18)11-17/h14,16H,2-13H2,1H3. The third kappa shape index (κ3) is 2.89. The summed E-state index contributed by atoms with van der Waals surface area (Å²) < 4.78 is 0. The maximum Gasteiger partial charge on any atom is 0.0223 e. The predicted molar refractivity (Wildman–Crippen MR) is 75.9 cm³/mol. The summed E-state index contributed by atoms with van der Waals surface area (Å²) in [4.78, 5) is 5.49. The first kappa shape index (κ1) is 12.9. The van der Waals surface area contributed by atoms with Crippen molar-refractivity contribution in [2.75, 3.05) is 45.8 Å². The summed E-state index contributed by atoms with van der Waals surface area (Å²) in [5.41, 5.74) is 0.523. The highest BCUT2D eigenvalue weighted by Crippen LogP contribution is 2.29. The molecule has 2 unspecified atom stereocenters. The van der Waals surface area contributed by atoms with E-state index in [0.717, 1.165) is 6.04 Å². The molecule has 0 amide bonds. The molecule has 1 N–H and O–H groups in total. The highest BCUT2D eigenvalue weighted by atomic mass is 15.3. The zero-order valence-corrected chi connectivity index (χ0v) is 12.0. The van der Waals surface area contributed by atoms with Gasteiger partial charge in [0.15, 0.2) is 0 Å². The Kier molecular flexibility index (Phi) is 3.92. The van der Waals surface area contributed by atoms with Gasteiger partial charge < -0.3 is 5.32 Å². The van der Waals surface area contributed by atoms with E-state index >= 15 is 0 Å². The van der Waals surface area contributed by atoms with Crippen LogP contribution in [0.15, 0.2) is 0 Å². The number of piperidine rings is 2. The first-order valence-corrected chi connectivity index (χ1v) is 7.92. The van der Waals surface area contributed by atoms with Crippen LogP contribution >= 0.6 is 0 Å². The van der Waals surface area contributed by atoms with Gasteiger partial charge in [-0.1, -0.05) is 13.3 Å². The molecule has 3 aliphatic heterocycles. The highest BCUT2D eigenvalue weighted by molar-refractivity contribution is 4.90. The van der Waals surface area contributed by atoms with Crippen molar-refractivity contribution in [1.82, 2.24) is 15.1 Å². The molecule has 3 heteroatoms. The fourth-order valence-electron chi connectivity index (χ4n) is 4.16. The molecular formula is C15H29N3. The van der Waals surface area contributed by atoms with Gasteiger partial charge in [-0.3, -0.25) is 9.80 Å². The maximum atomic E-state index is 3.58. The number of nitrogens with one attached hydrogen (secondary N) is 1. The molecular weight excluding hydrogens is 222 g/mol. The van der Waals surface area contributed by atoms with Crippen molar-refractivity contribution >= 4 is 0 Å². The van der Waals surface area contributed by atoms with Crippen LogP contribution in [0.1, 0.15) is 39.0 Å². The Labute approximate surface area is 112 Å². The Morgan fingerprint density at radius 1 is 1.17 bits per heavy atom. The number of fused-ring (bicyclic) bond motifs is 1. The minimum atomic E-state index is 0.523. The van der Waals surface area contributed by atoms with E-state index in [-0.39, 0.29) is 0 Å². The summed E-state index contributed by atoms with van der Waals surface area (Å²) in [6.07, 6.45) is 7.09. The highest BCUT2D eigenvalue weighted by Gasteiger charge is 2.34. The van der Waals surface area contributed by atoms with Gasteiger partial charge in [-0.25, -0.2) is 0 Å². The lowest BCUT2D eigenvalue weighted by atomic mass is 9.82. The van der Waals surface area contributed by atoms with E-state index in [9.17, 15) is 0 Å². The van der Waals surface area contributed by atoms with Gasteiger partial charge in [0.05, 0.1) is 0 Å². The van der Waals surface area contributed by atoms with Gasteiger partial charge in [-0.2, -0.15) is 0 Å². The third-order valence-corrected chi connectivity index (χ3v) is 5.21. The molecule has 0 aliphatic carbocycles. The molecule has 0 aromatic rings. The molecule has 3 rings (SSSR count). The van der Waals surface area contributed by atoms with Crippen molar-refractivity contribution in [2.24, 2.45) is 5.41 Å². The van der Waals surface area contributed by atoms with E-state index in [1.54, 1.807) is 0 Å². The average molecular weight is 251 g/mol. The van der Waals surface area contributed by atoms with Crippen LogP contribution in [-0.4, -0.2) is 61.7 Å². The number of nitrogens with zero attached hydrogens (tertiary/aromatic N) is 2. The summed E-state index contributed by atoms with van der Waals surface area (Å²) >= 11 is 0. The topological polar surface area (TPSA) is 18.5 Å². The van der Waals surface area contributed by atoms with Crippen LogP contribution in [0.4, 0.5) is 0 Å². The molecule has 3 nitrogen and oxygen atoms in total. The number of piperazine rings is 1. The summed E-state index contributed by atoms with van der Waals surface area (Å²) in [5, 5.41) is 3.58. The zero-order valence-electron chi connectivity index (χ0n) is 12.0. The smallest absolute Gasteiger partial charge is 0.0223 e. The molecule has 104 valence electrons. The molecule has 3 heterocycles. The molecule has 0 spiro atoms. The minimum absolute atomic E-state index is 0.523. The average Bonchev–Trinajstić information content (AvgIpc) is 2.39. The van der Waals surface area contributed by atoms with Crippen LogP contribution in [-0.2, 0) is 0 Å². The van der Waals surface area contributed by atoms with Gasteiger partial charge in [0.2, 0.25) is 0 Å². The molecule has 3 aliphatic rings. The Balaban J connectivity index is 1.54. The summed E-state index contributed by atoms with van der Waals surface area (Å²) in [5.74, 6) is 0. The van der Waals surface area contributed by atoms with E-state index < -0.39 is 0 Å². The second kappa shape index (κ2) is 5.48. The second-order valence-corrected chi connectivity index (χ2v) is 7.01. The molecule has 0 radical (unpaired) electrons. The van der Waals surface area contributed by atoms with E-state index in [4.69, 9.17) is 0 Å². The second-order valence-electron chi connectivity index (χ2n) is 7.01. The van der Waals surface area contributed by atoms with Crippen molar-refractivity contribution in [2.45, 2.75) is 45.1 Å². The van der Waals surface area contributed by atoms with Crippen molar-refractivity contribution in [3.05, 3.63) is 0 Å². The largest absolute Gasteiger partial charge is 0.316 e. The van der Waals surface area contributed by atoms with E-state index in [2.05, 4.69) is 22.0 Å². The van der Waals surface area contributed by atoms with Crippen molar-refractivity contribution in [3.63, 3.8) is 0 Å². The van der Waals surface area contributed by atoms with Crippen molar-refractivity contribution in [3.8, 4) is 0 Å². The van der Waals surface area contributed by atoms with Crippen molar-refractivity contribution < 1.29 is 0 Å². The minimum Gasteiger partial charge on any atom is -0.316 e. The molecule has 3 fully saturated rings.